The van der Waals surface area contributed by atoms with Gasteiger partial charge in [0, 0.05) is 43.9 Å². The maximum atomic E-state index is 5.36. The molecule has 0 aromatic carbocycles. The van der Waals surface area contributed by atoms with Crippen LogP contribution in [0.15, 0.2) is 12.4 Å². The summed E-state index contributed by atoms with van der Waals surface area (Å²) in [5, 5.41) is 3.51. The van der Waals surface area contributed by atoms with E-state index in [4.69, 9.17) is 4.74 Å². The molecule has 1 aromatic rings. The van der Waals surface area contributed by atoms with Crippen molar-refractivity contribution in [2.24, 2.45) is 0 Å². The van der Waals surface area contributed by atoms with E-state index >= 15 is 0 Å². The van der Waals surface area contributed by atoms with Gasteiger partial charge in [-0.15, -0.1) is 0 Å². The smallest absolute Gasteiger partial charge is 0.203 e. The average molecular weight is 271 g/mol. The Kier molecular flexibility index (Phi) is 7.93. The molecule has 0 bridgehead atoms. The van der Waals surface area contributed by atoms with Crippen LogP contribution in [-0.2, 0) is 11.3 Å². The number of hydrogen-bond donors (Lipinski definition) is 1. The maximum Gasteiger partial charge on any atom is 0.203 e. The summed E-state index contributed by atoms with van der Waals surface area (Å²) >= 11 is 1.87. The van der Waals surface area contributed by atoms with Crippen molar-refractivity contribution in [2.75, 3.05) is 30.5 Å². The van der Waals surface area contributed by atoms with Crippen molar-refractivity contribution < 1.29 is 4.74 Å². The van der Waals surface area contributed by atoms with Crippen molar-refractivity contribution in [1.29, 1.82) is 0 Å². The molecule has 0 fully saturated rings. The maximum absolute atomic E-state index is 5.36. The second-order valence-electron chi connectivity index (χ2n) is 4.20. The first-order valence-electron chi connectivity index (χ1n) is 6.66. The summed E-state index contributed by atoms with van der Waals surface area (Å²) in [6.07, 6.45) is 8.17. The highest BCUT2D eigenvalue weighted by Gasteiger charge is 2.09. The number of anilines is 1. The topological polar surface area (TPSA) is 39.1 Å². The first kappa shape index (κ1) is 15.4. The van der Waals surface area contributed by atoms with E-state index in [1.54, 1.807) is 0 Å². The van der Waals surface area contributed by atoms with Gasteiger partial charge in [-0.2, -0.15) is 11.8 Å². The third-order valence-electron chi connectivity index (χ3n) is 2.80. The molecule has 1 rings (SSSR count). The molecule has 1 atom stereocenters. The zero-order chi connectivity index (χ0) is 13.2. The van der Waals surface area contributed by atoms with Gasteiger partial charge < -0.3 is 14.6 Å². The molecule has 1 unspecified atom stereocenters. The minimum atomic E-state index is 0.494. The molecule has 1 heterocycles. The molecule has 5 heteroatoms. The molecule has 0 spiro atoms. The number of imidazole rings is 1. The lowest BCUT2D eigenvalue weighted by molar-refractivity contribution is 0.142. The summed E-state index contributed by atoms with van der Waals surface area (Å²) in [7, 11) is 0. The molecule has 0 aliphatic heterocycles. The Morgan fingerprint density at radius 1 is 1.50 bits per heavy atom. The van der Waals surface area contributed by atoms with Crippen molar-refractivity contribution >= 4 is 17.7 Å². The predicted octanol–water partition coefficient (Wildman–Crippen LogP) is 2.86. The predicted molar refractivity (Wildman–Crippen MR) is 79.4 cm³/mol. The van der Waals surface area contributed by atoms with Crippen molar-refractivity contribution in [3.63, 3.8) is 0 Å². The molecule has 0 saturated heterocycles. The van der Waals surface area contributed by atoms with E-state index in [1.165, 1.54) is 0 Å². The van der Waals surface area contributed by atoms with Gasteiger partial charge in [-0.3, -0.25) is 0 Å². The van der Waals surface area contributed by atoms with Crippen LogP contribution >= 0.6 is 11.8 Å². The summed E-state index contributed by atoms with van der Waals surface area (Å²) in [4.78, 5) is 4.39. The number of nitrogens with one attached hydrogen (secondary N) is 1. The first-order chi connectivity index (χ1) is 8.81. The molecule has 4 nitrogen and oxygen atoms in total. The van der Waals surface area contributed by atoms with Crippen LogP contribution < -0.4 is 5.32 Å². The fraction of sp³-hybridized carbons (Fsp3) is 0.769. The number of aryl methyl sites for hydroxylation is 1. The molecule has 0 aliphatic carbocycles. The number of ether oxygens (including phenoxy) is 1. The van der Waals surface area contributed by atoms with Crippen LogP contribution in [0.5, 0.6) is 0 Å². The first-order valence-corrected chi connectivity index (χ1v) is 8.05. The summed E-state index contributed by atoms with van der Waals surface area (Å²) in [6, 6.07) is 0.494. The SMILES string of the molecule is CCOCCCn1ccnc1NC(CC)CSC. The van der Waals surface area contributed by atoms with Gasteiger partial charge in [-0.25, -0.2) is 4.98 Å². The fourth-order valence-corrected chi connectivity index (χ4v) is 2.48. The molecule has 0 radical (unpaired) electrons. The van der Waals surface area contributed by atoms with Gasteiger partial charge in [-0.1, -0.05) is 6.92 Å². The van der Waals surface area contributed by atoms with Crippen LogP contribution in [0.2, 0.25) is 0 Å². The third-order valence-corrected chi connectivity index (χ3v) is 3.54. The molecule has 18 heavy (non-hydrogen) atoms. The van der Waals surface area contributed by atoms with Crippen LogP contribution in [0.1, 0.15) is 26.7 Å². The molecule has 0 amide bonds. The Balaban J connectivity index is 2.43. The molecular formula is C13H25N3OS. The fourth-order valence-electron chi connectivity index (χ4n) is 1.76. The van der Waals surface area contributed by atoms with Gasteiger partial charge in [0.1, 0.15) is 0 Å². The lowest BCUT2D eigenvalue weighted by Gasteiger charge is -2.17. The van der Waals surface area contributed by atoms with Crippen LogP contribution in [0, 0.1) is 0 Å². The Hall–Kier alpha value is -0.680. The van der Waals surface area contributed by atoms with Crippen molar-refractivity contribution in [2.45, 2.75) is 39.3 Å². The van der Waals surface area contributed by atoms with E-state index in [0.29, 0.717) is 6.04 Å². The summed E-state index contributed by atoms with van der Waals surface area (Å²) < 4.78 is 7.52. The normalized spacial score (nSPS) is 12.6. The largest absolute Gasteiger partial charge is 0.382 e. The Labute approximate surface area is 115 Å². The van der Waals surface area contributed by atoms with Crippen molar-refractivity contribution in [3.05, 3.63) is 12.4 Å². The minimum absolute atomic E-state index is 0.494. The number of hydrogen-bond acceptors (Lipinski definition) is 4. The quantitative estimate of drug-likeness (QED) is 0.664. The zero-order valence-electron chi connectivity index (χ0n) is 11.7. The van der Waals surface area contributed by atoms with E-state index in [1.807, 2.05) is 31.1 Å². The van der Waals surface area contributed by atoms with Crippen molar-refractivity contribution in [1.82, 2.24) is 9.55 Å². The lowest BCUT2D eigenvalue weighted by Crippen LogP contribution is -2.23. The molecule has 1 aromatic heterocycles. The molecular weight excluding hydrogens is 246 g/mol. The lowest BCUT2D eigenvalue weighted by atomic mass is 10.3. The minimum Gasteiger partial charge on any atom is -0.382 e. The second kappa shape index (κ2) is 9.28. The van der Waals surface area contributed by atoms with Gasteiger partial charge in [0.15, 0.2) is 0 Å². The molecule has 1 N–H and O–H groups in total. The van der Waals surface area contributed by atoms with Gasteiger partial charge in [-0.05, 0) is 26.0 Å². The van der Waals surface area contributed by atoms with Crippen molar-refractivity contribution in [3.8, 4) is 0 Å². The van der Waals surface area contributed by atoms with Gasteiger partial charge in [0.25, 0.3) is 0 Å². The third kappa shape index (κ3) is 5.31. The average Bonchev–Trinajstić information content (AvgIpc) is 2.81. The highest BCUT2D eigenvalue weighted by atomic mass is 32.2. The Morgan fingerprint density at radius 3 is 3.00 bits per heavy atom. The molecule has 0 aliphatic rings. The highest BCUT2D eigenvalue weighted by Crippen LogP contribution is 2.11. The van der Waals surface area contributed by atoms with Crippen LogP contribution in [0.25, 0.3) is 0 Å². The van der Waals surface area contributed by atoms with E-state index in [0.717, 1.165) is 44.3 Å². The van der Waals surface area contributed by atoms with Crippen LogP contribution in [-0.4, -0.2) is 40.8 Å². The summed E-state index contributed by atoms with van der Waals surface area (Å²) in [6.45, 7) is 6.80. The number of thioether (sulfide) groups is 1. The van der Waals surface area contributed by atoms with E-state index in [9.17, 15) is 0 Å². The summed E-state index contributed by atoms with van der Waals surface area (Å²) in [5.41, 5.74) is 0. The van der Waals surface area contributed by atoms with Gasteiger partial charge >= 0.3 is 0 Å². The monoisotopic (exact) mass is 271 g/mol. The van der Waals surface area contributed by atoms with Crippen LogP contribution in [0.4, 0.5) is 5.95 Å². The number of aromatic nitrogens is 2. The number of rotatable bonds is 10. The number of nitrogens with zero attached hydrogens (tertiary/aromatic N) is 2. The van der Waals surface area contributed by atoms with Gasteiger partial charge in [0.05, 0.1) is 0 Å². The van der Waals surface area contributed by atoms with E-state index < -0.39 is 0 Å². The molecule has 0 saturated carbocycles. The standard InChI is InChI=1S/C13H25N3OS/c1-4-12(11-18-3)15-13-14-7-9-16(13)8-6-10-17-5-2/h7,9,12H,4-6,8,10-11H2,1-3H3,(H,14,15). The summed E-state index contributed by atoms with van der Waals surface area (Å²) in [5.74, 6) is 2.09. The second-order valence-corrected chi connectivity index (χ2v) is 5.11. The molecule has 104 valence electrons. The van der Waals surface area contributed by atoms with E-state index in [-0.39, 0.29) is 0 Å². The Morgan fingerprint density at radius 2 is 2.33 bits per heavy atom. The Bertz CT molecular complexity index is 317. The van der Waals surface area contributed by atoms with Gasteiger partial charge in [0.2, 0.25) is 5.95 Å². The van der Waals surface area contributed by atoms with Crippen LogP contribution in [0.3, 0.4) is 0 Å². The van der Waals surface area contributed by atoms with E-state index in [2.05, 4.69) is 28.0 Å². The zero-order valence-corrected chi connectivity index (χ0v) is 12.5. The highest BCUT2D eigenvalue weighted by molar-refractivity contribution is 7.98.